The van der Waals surface area contributed by atoms with E-state index in [0.29, 0.717) is 6.54 Å². The Morgan fingerprint density at radius 3 is 2.71 bits per heavy atom. The molecule has 1 heterocycles. The number of aromatic nitrogens is 1. The number of hydrogen-bond donors (Lipinski definition) is 1. The van der Waals surface area contributed by atoms with E-state index in [0.717, 1.165) is 5.56 Å². The lowest BCUT2D eigenvalue weighted by atomic mass is 10.2. The predicted octanol–water partition coefficient (Wildman–Crippen LogP) is 2.41. The second-order valence-corrected chi connectivity index (χ2v) is 5.25. The van der Waals surface area contributed by atoms with Crippen molar-refractivity contribution in [3.05, 3.63) is 35.7 Å². The van der Waals surface area contributed by atoms with Crippen LogP contribution >= 0.6 is 0 Å². The number of carbonyl (C=O) groups excluding carboxylic acids is 2. The molecule has 0 aromatic carbocycles. The van der Waals surface area contributed by atoms with Crippen molar-refractivity contribution in [2.45, 2.75) is 26.4 Å². The fourth-order valence-corrected chi connectivity index (χ4v) is 1.42. The lowest BCUT2D eigenvalue weighted by molar-refractivity contribution is 0.0532. The molecule has 6 nitrogen and oxygen atoms in total. The first-order valence-electron chi connectivity index (χ1n) is 6.49. The zero-order valence-electron chi connectivity index (χ0n) is 12.7. The molecule has 0 spiro atoms. The minimum atomic E-state index is -0.520. The standard InChI is InChI=1S/C15H20N2O4/c1-15(2,3)21-14(19)17-8-5-6-11-7-9-16-12(10-11)13(18)20-4/h5-7,9-10H,8H2,1-4H3,(H,17,19). The quantitative estimate of drug-likeness (QED) is 0.862. The number of esters is 1. The zero-order valence-corrected chi connectivity index (χ0v) is 12.7. The number of hydrogen-bond acceptors (Lipinski definition) is 5. The van der Waals surface area contributed by atoms with Crippen LogP contribution in [0.4, 0.5) is 4.79 Å². The van der Waals surface area contributed by atoms with E-state index in [4.69, 9.17) is 4.74 Å². The maximum atomic E-state index is 11.4. The molecule has 0 unspecified atom stereocenters. The van der Waals surface area contributed by atoms with Crippen LogP contribution in [0.5, 0.6) is 0 Å². The summed E-state index contributed by atoms with van der Waals surface area (Å²) in [4.78, 5) is 26.7. The van der Waals surface area contributed by atoms with Gasteiger partial charge in [0.05, 0.1) is 7.11 Å². The Hall–Kier alpha value is -2.37. The van der Waals surface area contributed by atoms with E-state index in [1.165, 1.54) is 13.3 Å². The minimum absolute atomic E-state index is 0.236. The van der Waals surface area contributed by atoms with Crippen LogP contribution in [0.25, 0.3) is 6.08 Å². The van der Waals surface area contributed by atoms with Crippen molar-refractivity contribution in [1.29, 1.82) is 0 Å². The molecule has 21 heavy (non-hydrogen) atoms. The molecule has 0 saturated heterocycles. The van der Waals surface area contributed by atoms with Crippen molar-refractivity contribution in [3.63, 3.8) is 0 Å². The van der Waals surface area contributed by atoms with Gasteiger partial charge in [0.25, 0.3) is 0 Å². The molecule has 0 saturated carbocycles. The van der Waals surface area contributed by atoms with Gasteiger partial charge < -0.3 is 14.8 Å². The van der Waals surface area contributed by atoms with Crippen molar-refractivity contribution in [2.75, 3.05) is 13.7 Å². The van der Waals surface area contributed by atoms with Gasteiger partial charge in [-0.25, -0.2) is 14.6 Å². The third kappa shape index (κ3) is 6.56. The molecule has 0 aliphatic carbocycles. The molecule has 1 rings (SSSR count). The van der Waals surface area contributed by atoms with E-state index in [1.807, 2.05) is 0 Å². The number of nitrogens with zero attached hydrogens (tertiary/aromatic N) is 1. The Kier molecular flexibility index (Phi) is 5.90. The Bertz CT molecular complexity index is 533. The highest BCUT2D eigenvalue weighted by atomic mass is 16.6. The summed E-state index contributed by atoms with van der Waals surface area (Å²) in [6, 6.07) is 3.35. The highest BCUT2D eigenvalue weighted by Crippen LogP contribution is 2.07. The van der Waals surface area contributed by atoms with Gasteiger partial charge in [0.1, 0.15) is 11.3 Å². The molecular weight excluding hydrogens is 272 g/mol. The van der Waals surface area contributed by atoms with E-state index in [2.05, 4.69) is 15.0 Å². The summed E-state index contributed by atoms with van der Waals surface area (Å²) in [5.41, 5.74) is 0.505. The highest BCUT2D eigenvalue weighted by molar-refractivity contribution is 5.87. The first-order valence-corrected chi connectivity index (χ1v) is 6.49. The van der Waals surface area contributed by atoms with Crippen LogP contribution in [-0.4, -0.2) is 36.3 Å². The second-order valence-electron chi connectivity index (χ2n) is 5.25. The number of methoxy groups -OCH3 is 1. The number of pyridine rings is 1. The lowest BCUT2D eigenvalue weighted by Crippen LogP contribution is -2.32. The molecule has 0 radical (unpaired) electrons. The molecule has 0 atom stereocenters. The van der Waals surface area contributed by atoms with Gasteiger partial charge in [-0.1, -0.05) is 12.2 Å². The lowest BCUT2D eigenvalue weighted by Gasteiger charge is -2.19. The van der Waals surface area contributed by atoms with E-state index in [-0.39, 0.29) is 5.69 Å². The molecule has 6 heteroatoms. The molecule has 1 aromatic rings. The summed E-state index contributed by atoms with van der Waals surface area (Å²) in [6.45, 7) is 5.72. The van der Waals surface area contributed by atoms with Gasteiger partial charge in [-0.15, -0.1) is 0 Å². The highest BCUT2D eigenvalue weighted by Gasteiger charge is 2.14. The van der Waals surface area contributed by atoms with Gasteiger partial charge in [-0.05, 0) is 38.5 Å². The first kappa shape index (κ1) is 16.7. The van der Waals surface area contributed by atoms with Gasteiger partial charge in [0.15, 0.2) is 0 Å². The fraction of sp³-hybridized carbons (Fsp3) is 0.400. The third-order valence-electron chi connectivity index (χ3n) is 2.25. The van der Waals surface area contributed by atoms with Crippen LogP contribution in [0, 0.1) is 0 Å². The molecule has 1 amide bonds. The second kappa shape index (κ2) is 7.42. The topological polar surface area (TPSA) is 77.5 Å². The summed E-state index contributed by atoms with van der Waals surface area (Å²) < 4.78 is 9.70. The zero-order chi connectivity index (χ0) is 15.9. The maximum absolute atomic E-state index is 11.4. The molecule has 0 fully saturated rings. The average Bonchev–Trinajstić information content (AvgIpc) is 2.41. The number of amides is 1. The van der Waals surface area contributed by atoms with Crippen LogP contribution in [0.2, 0.25) is 0 Å². The Labute approximate surface area is 124 Å². The monoisotopic (exact) mass is 292 g/mol. The normalized spacial score (nSPS) is 11.2. The summed E-state index contributed by atoms with van der Waals surface area (Å²) in [5.74, 6) is -0.489. The SMILES string of the molecule is COC(=O)c1cc(C=CCNC(=O)OC(C)(C)C)ccn1. The minimum Gasteiger partial charge on any atom is -0.464 e. The van der Waals surface area contributed by atoms with Crippen molar-refractivity contribution >= 4 is 18.1 Å². The number of ether oxygens (including phenoxy) is 2. The van der Waals surface area contributed by atoms with Crippen LogP contribution in [0.3, 0.4) is 0 Å². The van der Waals surface area contributed by atoms with Crippen LogP contribution < -0.4 is 5.32 Å². The van der Waals surface area contributed by atoms with Crippen LogP contribution in [0.1, 0.15) is 36.8 Å². The number of nitrogens with one attached hydrogen (secondary N) is 1. The molecule has 1 aromatic heterocycles. The Morgan fingerprint density at radius 1 is 1.38 bits per heavy atom. The van der Waals surface area contributed by atoms with Gasteiger partial charge in [0.2, 0.25) is 0 Å². The van der Waals surface area contributed by atoms with Crippen molar-refractivity contribution < 1.29 is 19.1 Å². The van der Waals surface area contributed by atoms with Crippen molar-refractivity contribution in [1.82, 2.24) is 10.3 Å². The molecular formula is C15H20N2O4. The van der Waals surface area contributed by atoms with Gasteiger partial charge in [0, 0.05) is 12.7 Å². The molecule has 0 aliphatic rings. The van der Waals surface area contributed by atoms with Crippen molar-refractivity contribution in [3.8, 4) is 0 Å². The van der Waals surface area contributed by atoms with Gasteiger partial charge in [-0.2, -0.15) is 0 Å². The number of carbonyl (C=O) groups is 2. The van der Waals surface area contributed by atoms with E-state index < -0.39 is 17.7 Å². The van der Waals surface area contributed by atoms with Gasteiger partial charge >= 0.3 is 12.1 Å². The fourth-order valence-electron chi connectivity index (χ4n) is 1.42. The van der Waals surface area contributed by atoms with Crippen LogP contribution in [-0.2, 0) is 9.47 Å². The summed E-state index contributed by atoms with van der Waals surface area (Å²) in [5, 5.41) is 2.60. The predicted molar refractivity (Wildman–Crippen MR) is 78.8 cm³/mol. The van der Waals surface area contributed by atoms with E-state index >= 15 is 0 Å². The summed E-state index contributed by atoms with van der Waals surface area (Å²) in [6.07, 6.45) is 4.57. The molecule has 1 N–H and O–H groups in total. The molecule has 0 bridgehead atoms. The average molecular weight is 292 g/mol. The largest absolute Gasteiger partial charge is 0.464 e. The van der Waals surface area contributed by atoms with E-state index in [9.17, 15) is 9.59 Å². The number of rotatable bonds is 4. The molecule has 114 valence electrons. The summed E-state index contributed by atoms with van der Waals surface area (Å²) in [7, 11) is 1.30. The van der Waals surface area contributed by atoms with E-state index in [1.54, 1.807) is 45.1 Å². The van der Waals surface area contributed by atoms with Crippen molar-refractivity contribution in [2.24, 2.45) is 0 Å². The molecule has 0 aliphatic heterocycles. The summed E-state index contributed by atoms with van der Waals surface area (Å²) >= 11 is 0. The maximum Gasteiger partial charge on any atom is 0.407 e. The van der Waals surface area contributed by atoms with Gasteiger partial charge in [-0.3, -0.25) is 0 Å². The Balaban J connectivity index is 2.51. The van der Waals surface area contributed by atoms with Crippen LogP contribution in [0.15, 0.2) is 24.4 Å². The Morgan fingerprint density at radius 2 is 2.10 bits per heavy atom. The first-order chi connectivity index (χ1) is 9.81. The number of alkyl carbamates (subject to hydrolysis) is 1. The smallest absolute Gasteiger partial charge is 0.407 e. The third-order valence-corrected chi connectivity index (χ3v) is 2.25.